The Morgan fingerprint density at radius 2 is 1.70 bits per heavy atom. The molecule has 0 fully saturated rings. The van der Waals surface area contributed by atoms with Crippen LogP contribution in [0.25, 0.3) is 0 Å². The lowest BCUT2D eigenvalue weighted by molar-refractivity contribution is -0.117. The minimum absolute atomic E-state index is 0.0554. The Bertz CT molecular complexity index is 641. The second-order valence-corrected chi connectivity index (χ2v) is 6.14. The molecule has 0 aliphatic rings. The number of carbonyl (C=O) groups excluding carboxylic acids is 2. The first-order valence-electron chi connectivity index (χ1n) is 7.54. The van der Waals surface area contributed by atoms with E-state index >= 15 is 0 Å². The van der Waals surface area contributed by atoms with E-state index in [0.29, 0.717) is 24.2 Å². The summed E-state index contributed by atoms with van der Waals surface area (Å²) in [6, 6.07) is 11.1. The summed E-state index contributed by atoms with van der Waals surface area (Å²) >= 11 is 1.55. The summed E-state index contributed by atoms with van der Waals surface area (Å²) in [5, 5.41) is 10.7. The molecular weight excluding hydrogens is 310 g/mol. The van der Waals surface area contributed by atoms with Crippen LogP contribution in [0.1, 0.15) is 17.7 Å². The van der Waals surface area contributed by atoms with E-state index < -0.39 is 0 Å². The number of amides is 2. The van der Waals surface area contributed by atoms with Gasteiger partial charge in [-0.05, 0) is 43.6 Å². The van der Waals surface area contributed by atoms with Crippen molar-refractivity contribution in [2.45, 2.75) is 19.3 Å². The van der Waals surface area contributed by atoms with Crippen LogP contribution in [0.15, 0.2) is 41.8 Å². The van der Waals surface area contributed by atoms with Crippen molar-refractivity contribution in [3.05, 3.63) is 46.7 Å². The van der Waals surface area contributed by atoms with Gasteiger partial charge in [0.05, 0.1) is 17.8 Å². The molecule has 0 bridgehead atoms. The van der Waals surface area contributed by atoms with Gasteiger partial charge >= 0.3 is 0 Å². The summed E-state index contributed by atoms with van der Waals surface area (Å²) in [7, 11) is 1.86. The average molecular weight is 331 g/mol. The number of rotatable bonds is 8. The van der Waals surface area contributed by atoms with Crippen LogP contribution in [0.4, 0.5) is 11.4 Å². The number of benzene rings is 1. The van der Waals surface area contributed by atoms with E-state index in [1.165, 1.54) is 0 Å². The van der Waals surface area contributed by atoms with E-state index in [1.54, 1.807) is 23.5 Å². The summed E-state index contributed by atoms with van der Waals surface area (Å²) in [6.45, 7) is 0.798. The third kappa shape index (κ3) is 5.84. The van der Waals surface area contributed by atoms with Crippen LogP contribution in [0, 0.1) is 0 Å². The first kappa shape index (κ1) is 17.2. The average Bonchev–Trinajstić information content (AvgIpc) is 3.02. The molecule has 3 N–H and O–H groups in total. The summed E-state index contributed by atoms with van der Waals surface area (Å²) in [5.74, 6) is -0.149. The van der Waals surface area contributed by atoms with Crippen LogP contribution < -0.4 is 16.0 Å². The topological polar surface area (TPSA) is 70.2 Å². The van der Waals surface area contributed by atoms with Crippen molar-refractivity contribution >= 4 is 34.5 Å². The number of carbonyl (C=O) groups is 2. The summed E-state index contributed by atoms with van der Waals surface area (Å²) in [5.41, 5.74) is 1.25. The molecule has 1 heterocycles. The third-order valence-corrected chi connectivity index (χ3v) is 4.10. The molecule has 23 heavy (non-hydrogen) atoms. The highest BCUT2D eigenvalue weighted by Gasteiger charge is 2.10. The quantitative estimate of drug-likeness (QED) is 0.652. The van der Waals surface area contributed by atoms with Gasteiger partial charge in [-0.15, -0.1) is 11.3 Å². The fraction of sp³-hybridized carbons (Fsp3) is 0.294. The van der Waals surface area contributed by atoms with E-state index in [1.807, 2.05) is 36.7 Å². The van der Waals surface area contributed by atoms with Gasteiger partial charge in [-0.3, -0.25) is 9.59 Å². The first-order chi connectivity index (χ1) is 11.2. The number of nitrogens with one attached hydrogen (secondary N) is 3. The maximum Gasteiger partial charge on any atom is 0.229 e. The fourth-order valence-electron chi connectivity index (χ4n) is 2.11. The molecule has 0 saturated heterocycles. The Hall–Kier alpha value is -2.18. The van der Waals surface area contributed by atoms with Crippen LogP contribution in [0.2, 0.25) is 0 Å². The molecule has 2 aromatic rings. The molecule has 0 aliphatic carbocycles. The lowest BCUT2D eigenvalue weighted by atomic mass is 10.2. The molecule has 0 atom stereocenters. The molecule has 2 rings (SSSR count). The van der Waals surface area contributed by atoms with Gasteiger partial charge in [-0.1, -0.05) is 18.2 Å². The minimum atomic E-state index is -0.0932. The molecule has 0 saturated carbocycles. The normalized spacial score (nSPS) is 10.3. The van der Waals surface area contributed by atoms with Crippen molar-refractivity contribution in [3.63, 3.8) is 0 Å². The number of hydrogen-bond acceptors (Lipinski definition) is 4. The largest absolute Gasteiger partial charge is 0.324 e. The van der Waals surface area contributed by atoms with E-state index in [2.05, 4.69) is 16.0 Å². The van der Waals surface area contributed by atoms with Gasteiger partial charge in [0.2, 0.25) is 11.8 Å². The highest BCUT2D eigenvalue weighted by Crippen LogP contribution is 2.22. The number of para-hydroxylation sites is 2. The van der Waals surface area contributed by atoms with Gasteiger partial charge in [0.15, 0.2) is 0 Å². The minimum Gasteiger partial charge on any atom is -0.324 e. The number of hydrogen-bond donors (Lipinski definition) is 3. The molecule has 1 aromatic heterocycles. The predicted molar refractivity (Wildman–Crippen MR) is 94.9 cm³/mol. The molecule has 0 aliphatic heterocycles. The van der Waals surface area contributed by atoms with E-state index in [0.717, 1.165) is 17.8 Å². The van der Waals surface area contributed by atoms with Gasteiger partial charge in [0.25, 0.3) is 0 Å². The zero-order valence-corrected chi connectivity index (χ0v) is 13.9. The van der Waals surface area contributed by atoms with Crippen LogP contribution in [0.5, 0.6) is 0 Å². The highest BCUT2D eigenvalue weighted by molar-refractivity contribution is 7.10. The molecule has 6 heteroatoms. The Morgan fingerprint density at radius 3 is 2.30 bits per heavy atom. The third-order valence-electron chi connectivity index (χ3n) is 3.22. The van der Waals surface area contributed by atoms with Gasteiger partial charge in [-0.2, -0.15) is 0 Å². The zero-order chi connectivity index (χ0) is 16.5. The van der Waals surface area contributed by atoms with Gasteiger partial charge in [0, 0.05) is 11.3 Å². The van der Waals surface area contributed by atoms with Crippen LogP contribution >= 0.6 is 11.3 Å². The summed E-state index contributed by atoms with van der Waals surface area (Å²) < 4.78 is 0. The van der Waals surface area contributed by atoms with Crippen LogP contribution in [-0.2, 0) is 16.0 Å². The fourth-order valence-corrected chi connectivity index (χ4v) is 2.81. The second kappa shape index (κ2) is 9.07. The molecule has 1 aromatic carbocycles. The van der Waals surface area contributed by atoms with Crippen molar-refractivity contribution in [3.8, 4) is 0 Å². The molecular formula is C17H21N3O2S. The molecule has 5 nitrogen and oxygen atoms in total. The standard InChI is InChI=1S/C17H21N3O2S/c1-18-10-4-9-16(21)19-14-7-2-3-8-15(14)20-17(22)12-13-6-5-11-23-13/h2-3,5-8,11,18H,4,9-10,12H2,1H3,(H,19,21)(H,20,22). The van der Waals surface area contributed by atoms with Crippen molar-refractivity contribution in [2.75, 3.05) is 24.2 Å². The van der Waals surface area contributed by atoms with Crippen molar-refractivity contribution in [2.24, 2.45) is 0 Å². The Labute approximate surface area is 140 Å². The number of thiophene rings is 1. The van der Waals surface area contributed by atoms with Crippen LogP contribution in [0.3, 0.4) is 0 Å². The van der Waals surface area contributed by atoms with E-state index in [-0.39, 0.29) is 11.8 Å². The maximum absolute atomic E-state index is 12.1. The van der Waals surface area contributed by atoms with E-state index in [9.17, 15) is 9.59 Å². The molecule has 0 radical (unpaired) electrons. The van der Waals surface area contributed by atoms with Gasteiger partial charge < -0.3 is 16.0 Å². The molecule has 0 unspecified atom stereocenters. The maximum atomic E-state index is 12.1. The smallest absolute Gasteiger partial charge is 0.229 e. The number of anilines is 2. The zero-order valence-electron chi connectivity index (χ0n) is 13.1. The molecule has 0 spiro atoms. The SMILES string of the molecule is CNCCCC(=O)Nc1ccccc1NC(=O)Cc1cccs1. The van der Waals surface area contributed by atoms with E-state index in [4.69, 9.17) is 0 Å². The summed E-state index contributed by atoms with van der Waals surface area (Å²) in [6.07, 6.45) is 1.55. The first-order valence-corrected chi connectivity index (χ1v) is 8.42. The Balaban J connectivity index is 1.94. The van der Waals surface area contributed by atoms with Gasteiger partial charge in [0.1, 0.15) is 0 Å². The highest BCUT2D eigenvalue weighted by atomic mass is 32.1. The van der Waals surface area contributed by atoms with Crippen molar-refractivity contribution < 1.29 is 9.59 Å². The Morgan fingerprint density at radius 1 is 1.00 bits per heavy atom. The van der Waals surface area contributed by atoms with Gasteiger partial charge in [-0.25, -0.2) is 0 Å². The molecule has 122 valence electrons. The van der Waals surface area contributed by atoms with Crippen LogP contribution in [-0.4, -0.2) is 25.4 Å². The summed E-state index contributed by atoms with van der Waals surface area (Å²) in [4.78, 5) is 25.0. The molecule has 2 amide bonds. The van der Waals surface area contributed by atoms with Crippen molar-refractivity contribution in [1.82, 2.24) is 5.32 Å². The predicted octanol–water partition coefficient (Wildman–Crippen LogP) is 2.87. The Kier molecular flexibility index (Phi) is 6.77. The monoisotopic (exact) mass is 331 g/mol. The lowest BCUT2D eigenvalue weighted by Gasteiger charge is -2.12. The lowest BCUT2D eigenvalue weighted by Crippen LogP contribution is -2.18. The van der Waals surface area contributed by atoms with Crippen molar-refractivity contribution in [1.29, 1.82) is 0 Å². The second-order valence-electron chi connectivity index (χ2n) is 5.11.